The molecule has 0 spiro atoms. The molecule has 0 radical (unpaired) electrons. The fourth-order valence-electron chi connectivity index (χ4n) is 3.45. The number of aryl methyl sites for hydroxylation is 1. The zero-order chi connectivity index (χ0) is 20.4. The number of hydrogen-bond acceptors (Lipinski definition) is 6. The molecule has 1 amide bonds. The number of carbonyl (C=O) groups is 1. The Hall–Kier alpha value is -3.46. The van der Waals surface area contributed by atoms with Gasteiger partial charge in [-0.1, -0.05) is 12.1 Å². The molecule has 4 rings (SSSR count). The molecule has 0 atom stereocenters. The Morgan fingerprint density at radius 2 is 2.07 bits per heavy atom. The van der Waals surface area contributed by atoms with Crippen LogP contribution in [0.15, 0.2) is 36.7 Å². The molecule has 7 nitrogen and oxygen atoms in total. The maximum atomic E-state index is 12.5. The van der Waals surface area contributed by atoms with Crippen LogP contribution >= 0.6 is 11.3 Å². The van der Waals surface area contributed by atoms with E-state index in [1.54, 1.807) is 17.9 Å². The third-order valence-electron chi connectivity index (χ3n) is 4.93. The highest BCUT2D eigenvalue weighted by Crippen LogP contribution is 2.37. The lowest BCUT2D eigenvalue weighted by molar-refractivity contribution is 0.102. The van der Waals surface area contributed by atoms with Crippen LogP contribution in [-0.2, 0) is 26.6 Å². The van der Waals surface area contributed by atoms with Gasteiger partial charge in [0.25, 0.3) is 5.91 Å². The SMILES string of the molecule is Cn1cc(C(=O)Nc2sc3c(c2C#N)CCN(Cc2ccc(C#N)cc2)C3)cn1. The molecule has 1 N–H and O–H groups in total. The molecular formula is C21H18N6OS. The van der Waals surface area contributed by atoms with E-state index in [2.05, 4.69) is 27.5 Å². The number of hydrogen-bond donors (Lipinski definition) is 1. The lowest BCUT2D eigenvalue weighted by atomic mass is 10.0. The maximum absolute atomic E-state index is 12.5. The summed E-state index contributed by atoms with van der Waals surface area (Å²) in [5.41, 5.74) is 3.87. The summed E-state index contributed by atoms with van der Waals surface area (Å²) in [4.78, 5) is 15.9. The average molecular weight is 402 g/mol. The Kier molecular flexibility index (Phi) is 5.13. The lowest BCUT2D eigenvalue weighted by Gasteiger charge is -2.26. The Balaban J connectivity index is 1.50. The Morgan fingerprint density at radius 1 is 1.28 bits per heavy atom. The molecule has 1 aromatic carbocycles. The minimum Gasteiger partial charge on any atom is -0.312 e. The second-order valence-electron chi connectivity index (χ2n) is 6.95. The first-order valence-corrected chi connectivity index (χ1v) is 9.95. The van der Waals surface area contributed by atoms with Crippen LogP contribution in [0.1, 0.15) is 37.5 Å². The van der Waals surface area contributed by atoms with E-state index >= 15 is 0 Å². The summed E-state index contributed by atoms with van der Waals surface area (Å²) in [7, 11) is 1.75. The number of nitrogens with zero attached hydrogens (tertiary/aromatic N) is 5. The minimum atomic E-state index is -0.261. The topological polar surface area (TPSA) is 97.7 Å². The van der Waals surface area contributed by atoms with Crippen LogP contribution in [-0.4, -0.2) is 27.1 Å². The van der Waals surface area contributed by atoms with Crippen LogP contribution < -0.4 is 5.32 Å². The van der Waals surface area contributed by atoms with Crippen molar-refractivity contribution in [3.05, 3.63) is 69.4 Å². The number of nitriles is 2. The monoisotopic (exact) mass is 402 g/mol. The van der Waals surface area contributed by atoms with Gasteiger partial charge in [-0.25, -0.2) is 0 Å². The summed E-state index contributed by atoms with van der Waals surface area (Å²) in [6.45, 7) is 2.36. The van der Waals surface area contributed by atoms with E-state index in [0.717, 1.165) is 42.1 Å². The first-order valence-electron chi connectivity index (χ1n) is 9.13. The first kappa shape index (κ1) is 18.9. The normalized spacial score (nSPS) is 13.3. The largest absolute Gasteiger partial charge is 0.312 e. The number of thiophene rings is 1. The number of aromatic nitrogens is 2. The molecule has 144 valence electrons. The molecule has 1 aliphatic heterocycles. The van der Waals surface area contributed by atoms with Gasteiger partial charge in [-0.2, -0.15) is 15.6 Å². The standard InChI is InChI=1S/C21H18N6OS/c1-26-12-16(10-24-26)20(28)25-21-18(9-23)17-6-7-27(13-19(17)29-21)11-15-4-2-14(8-22)3-5-15/h2-5,10,12H,6-7,11,13H2,1H3,(H,25,28). The summed E-state index contributed by atoms with van der Waals surface area (Å²) in [5.74, 6) is -0.261. The summed E-state index contributed by atoms with van der Waals surface area (Å²) >= 11 is 1.47. The number of rotatable bonds is 4. The van der Waals surface area contributed by atoms with Crippen LogP contribution in [0.25, 0.3) is 0 Å². The van der Waals surface area contributed by atoms with E-state index in [1.165, 1.54) is 17.5 Å². The highest BCUT2D eigenvalue weighted by molar-refractivity contribution is 7.16. The van der Waals surface area contributed by atoms with E-state index < -0.39 is 0 Å². The van der Waals surface area contributed by atoms with E-state index in [9.17, 15) is 10.1 Å². The van der Waals surface area contributed by atoms with Gasteiger partial charge in [0.1, 0.15) is 11.1 Å². The van der Waals surface area contributed by atoms with Crippen LogP contribution in [0.4, 0.5) is 5.00 Å². The van der Waals surface area contributed by atoms with Gasteiger partial charge >= 0.3 is 0 Å². The van der Waals surface area contributed by atoms with Crippen LogP contribution in [0.5, 0.6) is 0 Å². The third-order valence-corrected chi connectivity index (χ3v) is 6.06. The summed E-state index contributed by atoms with van der Waals surface area (Å²) < 4.78 is 1.57. The van der Waals surface area contributed by atoms with Crippen molar-refractivity contribution in [3.63, 3.8) is 0 Å². The van der Waals surface area contributed by atoms with E-state index in [-0.39, 0.29) is 5.91 Å². The highest BCUT2D eigenvalue weighted by atomic mass is 32.1. The summed E-state index contributed by atoms with van der Waals surface area (Å²) in [6.07, 6.45) is 3.93. The average Bonchev–Trinajstić information content (AvgIpc) is 3.31. The van der Waals surface area contributed by atoms with Gasteiger partial charge in [0.05, 0.1) is 29.0 Å². The van der Waals surface area contributed by atoms with Crippen molar-refractivity contribution in [1.29, 1.82) is 10.5 Å². The molecule has 0 saturated heterocycles. The predicted octanol–water partition coefficient (Wildman–Crippen LogP) is 3.04. The Bertz CT molecular complexity index is 1150. The van der Waals surface area contributed by atoms with Gasteiger partial charge in [0.2, 0.25) is 0 Å². The van der Waals surface area contributed by atoms with Crippen LogP contribution in [0.2, 0.25) is 0 Å². The van der Waals surface area contributed by atoms with Crippen LogP contribution in [0.3, 0.4) is 0 Å². The number of amides is 1. The van der Waals surface area contributed by atoms with Gasteiger partial charge in [0.15, 0.2) is 0 Å². The van der Waals surface area contributed by atoms with Crippen molar-refractivity contribution in [1.82, 2.24) is 14.7 Å². The van der Waals surface area contributed by atoms with Crippen molar-refractivity contribution >= 4 is 22.2 Å². The maximum Gasteiger partial charge on any atom is 0.259 e. The first-order chi connectivity index (χ1) is 14.1. The second-order valence-corrected chi connectivity index (χ2v) is 8.05. The van der Waals surface area contributed by atoms with Crippen LogP contribution in [0, 0.1) is 22.7 Å². The molecule has 1 aliphatic rings. The molecule has 29 heavy (non-hydrogen) atoms. The van der Waals surface area contributed by atoms with E-state index in [1.807, 2.05) is 24.3 Å². The molecule has 3 aromatic rings. The van der Waals surface area contributed by atoms with E-state index in [4.69, 9.17) is 5.26 Å². The fourth-order valence-corrected chi connectivity index (χ4v) is 4.69. The van der Waals surface area contributed by atoms with Crippen molar-refractivity contribution in [2.75, 3.05) is 11.9 Å². The zero-order valence-electron chi connectivity index (χ0n) is 15.8. The quantitative estimate of drug-likeness (QED) is 0.723. The number of benzene rings is 1. The highest BCUT2D eigenvalue weighted by Gasteiger charge is 2.25. The van der Waals surface area contributed by atoms with Crippen molar-refractivity contribution in [3.8, 4) is 12.1 Å². The molecule has 2 aromatic heterocycles. The van der Waals surface area contributed by atoms with Crippen molar-refractivity contribution in [2.45, 2.75) is 19.5 Å². The molecule has 0 unspecified atom stereocenters. The summed E-state index contributed by atoms with van der Waals surface area (Å²) in [6, 6.07) is 12.0. The molecule has 8 heteroatoms. The number of anilines is 1. The lowest BCUT2D eigenvalue weighted by Crippen LogP contribution is -2.29. The molecule has 0 bridgehead atoms. The Morgan fingerprint density at radius 3 is 2.72 bits per heavy atom. The van der Waals surface area contributed by atoms with E-state index in [0.29, 0.717) is 21.7 Å². The molecular weight excluding hydrogens is 384 g/mol. The zero-order valence-corrected chi connectivity index (χ0v) is 16.7. The molecule has 3 heterocycles. The smallest absolute Gasteiger partial charge is 0.259 e. The minimum absolute atomic E-state index is 0.261. The molecule has 0 fully saturated rings. The number of fused-ring (bicyclic) bond motifs is 1. The van der Waals surface area contributed by atoms with Gasteiger partial charge in [-0.3, -0.25) is 14.4 Å². The number of nitrogens with one attached hydrogen (secondary N) is 1. The fraction of sp³-hybridized carbons (Fsp3) is 0.238. The van der Waals surface area contributed by atoms with Gasteiger partial charge in [0, 0.05) is 37.8 Å². The number of carbonyl (C=O) groups excluding carboxylic acids is 1. The van der Waals surface area contributed by atoms with Crippen molar-refractivity contribution < 1.29 is 4.79 Å². The van der Waals surface area contributed by atoms with Gasteiger partial charge in [-0.05, 0) is 29.7 Å². The summed E-state index contributed by atoms with van der Waals surface area (Å²) in [5, 5.41) is 26.1. The van der Waals surface area contributed by atoms with Gasteiger partial charge < -0.3 is 5.32 Å². The third kappa shape index (κ3) is 3.90. The predicted molar refractivity (Wildman–Crippen MR) is 109 cm³/mol. The van der Waals surface area contributed by atoms with Gasteiger partial charge in [-0.15, -0.1) is 11.3 Å². The molecule has 0 saturated carbocycles. The second kappa shape index (κ2) is 7.88. The van der Waals surface area contributed by atoms with Crippen molar-refractivity contribution in [2.24, 2.45) is 7.05 Å². The Labute approximate surface area is 172 Å². The molecule has 0 aliphatic carbocycles.